The third-order valence-corrected chi connectivity index (χ3v) is 6.97. The van der Waals surface area contributed by atoms with Crippen LogP contribution in [0.25, 0.3) is 10.2 Å². The number of methoxy groups -OCH3 is 1. The molecule has 0 radical (unpaired) electrons. The lowest BCUT2D eigenvalue weighted by atomic mass is 9.89. The number of nitrogens with zero attached hydrogens (tertiary/aromatic N) is 2. The number of ether oxygens (including phenoxy) is 1. The molecule has 0 saturated heterocycles. The molecule has 2 heterocycles. The predicted octanol–water partition coefficient (Wildman–Crippen LogP) is 3.01. The van der Waals surface area contributed by atoms with Gasteiger partial charge in [0.1, 0.15) is 4.83 Å². The van der Waals surface area contributed by atoms with E-state index < -0.39 is 0 Å². The molecular weight excluding hydrogens is 394 g/mol. The Morgan fingerprint density at radius 3 is 3.07 bits per heavy atom. The molecule has 2 aromatic rings. The number of aromatic nitrogens is 2. The number of rotatable bonds is 8. The minimum Gasteiger partial charge on any atom is -0.383 e. The van der Waals surface area contributed by atoms with Crippen molar-refractivity contribution in [1.29, 1.82) is 0 Å². The summed E-state index contributed by atoms with van der Waals surface area (Å²) in [7, 11) is 1.60. The van der Waals surface area contributed by atoms with Crippen LogP contribution in [0.4, 0.5) is 0 Å². The second kappa shape index (κ2) is 9.24. The van der Waals surface area contributed by atoms with Gasteiger partial charge in [-0.25, -0.2) is 4.98 Å². The average molecular weight is 422 g/mol. The van der Waals surface area contributed by atoms with E-state index in [1.54, 1.807) is 29.1 Å². The number of hydrogen-bond donors (Lipinski definition) is 1. The van der Waals surface area contributed by atoms with E-state index in [0.717, 1.165) is 29.5 Å². The Balaban J connectivity index is 1.89. The monoisotopic (exact) mass is 421 g/mol. The van der Waals surface area contributed by atoms with Gasteiger partial charge in [-0.2, -0.15) is 0 Å². The highest BCUT2D eigenvalue weighted by Crippen LogP contribution is 2.36. The summed E-state index contributed by atoms with van der Waals surface area (Å²) < 4.78 is 6.68. The van der Waals surface area contributed by atoms with Gasteiger partial charge in [0.2, 0.25) is 5.91 Å². The Morgan fingerprint density at radius 2 is 2.36 bits per heavy atom. The number of fused-ring (bicyclic) bond motifs is 3. The van der Waals surface area contributed by atoms with E-state index in [9.17, 15) is 9.59 Å². The van der Waals surface area contributed by atoms with E-state index in [4.69, 9.17) is 9.72 Å². The van der Waals surface area contributed by atoms with Gasteiger partial charge in [-0.3, -0.25) is 14.2 Å². The van der Waals surface area contributed by atoms with E-state index in [1.165, 1.54) is 22.2 Å². The molecule has 28 heavy (non-hydrogen) atoms. The fourth-order valence-corrected chi connectivity index (χ4v) is 5.79. The molecule has 1 amide bonds. The van der Waals surface area contributed by atoms with Crippen LogP contribution in [0.2, 0.25) is 0 Å². The largest absolute Gasteiger partial charge is 0.383 e. The highest BCUT2D eigenvalue weighted by atomic mass is 32.2. The second-order valence-electron chi connectivity index (χ2n) is 7.34. The van der Waals surface area contributed by atoms with Crippen molar-refractivity contribution in [2.75, 3.05) is 19.5 Å². The number of aryl methyl sites for hydroxylation is 1. The molecular formula is C20H27N3O3S2. The minimum absolute atomic E-state index is 0.0207. The molecule has 0 aromatic carbocycles. The summed E-state index contributed by atoms with van der Waals surface area (Å²) in [4.78, 5) is 32.3. The molecule has 0 unspecified atom stereocenters. The van der Waals surface area contributed by atoms with Crippen LogP contribution in [0.1, 0.15) is 30.7 Å². The molecule has 0 bridgehead atoms. The third kappa shape index (κ3) is 4.50. The summed E-state index contributed by atoms with van der Waals surface area (Å²) in [6, 6.07) is -0.0603. The number of allylic oxidation sites excluding steroid dienone is 1. The zero-order valence-corrected chi connectivity index (χ0v) is 18.3. The summed E-state index contributed by atoms with van der Waals surface area (Å²) in [5.41, 5.74) is 1.16. The normalized spacial score (nSPS) is 17.3. The van der Waals surface area contributed by atoms with Gasteiger partial charge in [0.25, 0.3) is 5.56 Å². The summed E-state index contributed by atoms with van der Waals surface area (Å²) in [6.07, 6.45) is 4.75. The lowest BCUT2D eigenvalue weighted by Gasteiger charge is -2.17. The summed E-state index contributed by atoms with van der Waals surface area (Å²) in [5.74, 6) is 0.738. The van der Waals surface area contributed by atoms with Crippen LogP contribution < -0.4 is 10.9 Å². The lowest BCUT2D eigenvalue weighted by molar-refractivity contribution is -0.119. The Bertz CT molecular complexity index is 935. The lowest BCUT2D eigenvalue weighted by Crippen LogP contribution is -2.36. The zero-order valence-electron chi connectivity index (χ0n) is 16.6. The highest BCUT2D eigenvalue weighted by Gasteiger charge is 2.24. The second-order valence-corrected chi connectivity index (χ2v) is 9.37. The summed E-state index contributed by atoms with van der Waals surface area (Å²) >= 11 is 2.92. The van der Waals surface area contributed by atoms with Crippen molar-refractivity contribution in [3.63, 3.8) is 0 Å². The van der Waals surface area contributed by atoms with Crippen molar-refractivity contribution in [2.24, 2.45) is 5.92 Å². The van der Waals surface area contributed by atoms with Crippen molar-refractivity contribution >= 4 is 39.2 Å². The van der Waals surface area contributed by atoms with Crippen LogP contribution in [-0.2, 0) is 28.9 Å². The molecule has 0 aliphatic heterocycles. The topological polar surface area (TPSA) is 73.2 Å². The molecule has 0 saturated carbocycles. The Hall–Kier alpha value is -1.64. The number of nitrogens with one attached hydrogen (secondary N) is 1. The molecule has 6 nitrogen and oxygen atoms in total. The van der Waals surface area contributed by atoms with Crippen LogP contribution in [0.5, 0.6) is 0 Å². The SMILES string of the molecule is C=CCn1c(SCC(=O)N[C@H](C)COC)nc2sc3c(c2c1=O)CC[C@H](C)C3. The van der Waals surface area contributed by atoms with E-state index >= 15 is 0 Å². The van der Waals surface area contributed by atoms with Crippen molar-refractivity contribution in [3.05, 3.63) is 33.4 Å². The molecule has 3 rings (SSSR count). The fraction of sp³-hybridized carbons (Fsp3) is 0.550. The van der Waals surface area contributed by atoms with E-state index in [1.807, 2.05) is 6.92 Å². The molecule has 0 fully saturated rings. The maximum atomic E-state index is 13.2. The predicted molar refractivity (Wildman–Crippen MR) is 115 cm³/mol. The first kappa shape index (κ1) is 21.1. The average Bonchev–Trinajstić information content (AvgIpc) is 3.00. The van der Waals surface area contributed by atoms with Gasteiger partial charge in [0.05, 0.1) is 17.7 Å². The van der Waals surface area contributed by atoms with E-state index in [-0.39, 0.29) is 23.3 Å². The molecule has 0 spiro atoms. The molecule has 1 aliphatic rings. The molecule has 1 aliphatic carbocycles. The summed E-state index contributed by atoms with van der Waals surface area (Å²) in [6.45, 7) is 8.75. The first-order valence-electron chi connectivity index (χ1n) is 9.51. The molecule has 2 aromatic heterocycles. The van der Waals surface area contributed by atoms with Crippen LogP contribution in [0, 0.1) is 5.92 Å². The Kier molecular flexibility index (Phi) is 6.95. The first-order chi connectivity index (χ1) is 13.4. The number of thioether (sulfide) groups is 1. The Labute approximate surface area is 173 Å². The zero-order chi connectivity index (χ0) is 20.3. The number of amides is 1. The number of carbonyl (C=O) groups excluding carboxylic acids is 1. The first-order valence-corrected chi connectivity index (χ1v) is 11.3. The fourth-order valence-electron chi connectivity index (χ4n) is 3.54. The van der Waals surface area contributed by atoms with Crippen molar-refractivity contribution in [2.45, 2.75) is 50.9 Å². The maximum Gasteiger partial charge on any atom is 0.263 e. The van der Waals surface area contributed by atoms with Crippen LogP contribution in [0.3, 0.4) is 0 Å². The van der Waals surface area contributed by atoms with Crippen LogP contribution in [-0.4, -0.2) is 41.0 Å². The van der Waals surface area contributed by atoms with Crippen LogP contribution in [0.15, 0.2) is 22.6 Å². The quantitative estimate of drug-likeness (QED) is 0.403. The molecule has 2 atom stereocenters. The third-order valence-electron chi connectivity index (χ3n) is 4.85. The van der Waals surface area contributed by atoms with Crippen molar-refractivity contribution in [3.8, 4) is 0 Å². The van der Waals surface area contributed by atoms with Gasteiger partial charge >= 0.3 is 0 Å². The maximum absolute atomic E-state index is 13.2. The van der Waals surface area contributed by atoms with Crippen molar-refractivity contribution in [1.82, 2.24) is 14.9 Å². The number of hydrogen-bond acceptors (Lipinski definition) is 6. The van der Waals surface area contributed by atoms with Gasteiger partial charge in [0.15, 0.2) is 5.16 Å². The van der Waals surface area contributed by atoms with Gasteiger partial charge in [-0.05, 0) is 37.7 Å². The molecule has 8 heteroatoms. The van der Waals surface area contributed by atoms with Gasteiger partial charge in [-0.1, -0.05) is 24.8 Å². The number of carbonyl (C=O) groups is 1. The van der Waals surface area contributed by atoms with E-state index in [0.29, 0.717) is 24.2 Å². The minimum atomic E-state index is -0.103. The smallest absolute Gasteiger partial charge is 0.263 e. The standard InChI is InChI=1S/C20H27N3O3S2/c1-5-8-23-19(25)17-14-7-6-12(2)9-15(14)28-18(17)22-20(23)27-11-16(24)21-13(3)10-26-4/h5,12-13H,1,6-11H2,2-4H3,(H,21,24)/t12-,13+/m0/s1. The Morgan fingerprint density at radius 1 is 1.57 bits per heavy atom. The summed E-state index contributed by atoms with van der Waals surface area (Å²) in [5, 5.41) is 4.21. The highest BCUT2D eigenvalue weighted by molar-refractivity contribution is 7.99. The molecule has 152 valence electrons. The van der Waals surface area contributed by atoms with Gasteiger partial charge in [-0.15, -0.1) is 17.9 Å². The van der Waals surface area contributed by atoms with E-state index in [2.05, 4.69) is 18.8 Å². The molecule has 1 N–H and O–H groups in total. The number of thiophene rings is 1. The van der Waals surface area contributed by atoms with Gasteiger partial charge < -0.3 is 10.1 Å². The van der Waals surface area contributed by atoms with Crippen molar-refractivity contribution < 1.29 is 9.53 Å². The van der Waals surface area contributed by atoms with Crippen LogP contribution >= 0.6 is 23.1 Å². The van der Waals surface area contributed by atoms with Gasteiger partial charge in [0, 0.05) is 24.6 Å².